The second kappa shape index (κ2) is 13.3. The zero-order valence-electron chi connectivity index (χ0n) is 17.3. The van der Waals surface area contributed by atoms with E-state index in [-0.39, 0.29) is 25.1 Å². The Hall–Kier alpha value is -2.05. The molecule has 2 atom stereocenters. The SMILES string of the molecule is C=CCN(C[C@@H](O)c1cccc(Cl)c1)C(C)Cc1ccc(OCC(=O)OC)cc1.Cl. The molecule has 0 heterocycles. The van der Waals surface area contributed by atoms with Crippen LogP contribution in [0.15, 0.2) is 61.2 Å². The number of halogens is 2. The number of ether oxygens (including phenoxy) is 2. The average Bonchev–Trinajstić information content (AvgIpc) is 2.72. The highest BCUT2D eigenvalue weighted by molar-refractivity contribution is 6.30. The van der Waals surface area contributed by atoms with E-state index in [9.17, 15) is 9.90 Å². The van der Waals surface area contributed by atoms with Gasteiger partial charge in [-0.05, 0) is 48.7 Å². The van der Waals surface area contributed by atoms with Gasteiger partial charge in [-0.15, -0.1) is 19.0 Å². The Bertz CT molecular complexity index is 798. The molecule has 2 aromatic carbocycles. The third kappa shape index (κ3) is 8.36. The first kappa shape index (κ1) is 26.0. The zero-order valence-corrected chi connectivity index (χ0v) is 18.9. The molecular formula is C23H29Cl2NO4. The minimum Gasteiger partial charge on any atom is -0.482 e. The van der Waals surface area contributed by atoms with E-state index >= 15 is 0 Å². The first-order valence-electron chi connectivity index (χ1n) is 9.50. The van der Waals surface area contributed by atoms with Crippen molar-refractivity contribution in [1.82, 2.24) is 4.90 Å². The molecule has 0 aliphatic carbocycles. The van der Waals surface area contributed by atoms with Crippen LogP contribution in [-0.2, 0) is 16.0 Å². The Morgan fingerprint density at radius 3 is 2.57 bits per heavy atom. The average molecular weight is 454 g/mol. The molecule has 0 spiro atoms. The summed E-state index contributed by atoms with van der Waals surface area (Å²) < 4.78 is 9.94. The summed E-state index contributed by atoms with van der Waals surface area (Å²) in [7, 11) is 1.33. The van der Waals surface area contributed by atoms with Gasteiger partial charge in [0.15, 0.2) is 6.61 Å². The first-order valence-corrected chi connectivity index (χ1v) is 9.87. The molecule has 164 valence electrons. The van der Waals surface area contributed by atoms with Crippen LogP contribution in [0.25, 0.3) is 0 Å². The molecule has 0 bridgehead atoms. The number of hydrogen-bond donors (Lipinski definition) is 1. The minimum atomic E-state index is -0.634. The fraction of sp³-hybridized carbons (Fsp3) is 0.348. The van der Waals surface area contributed by atoms with Crippen LogP contribution in [0.2, 0.25) is 5.02 Å². The predicted molar refractivity (Wildman–Crippen MR) is 123 cm³/mol. The summed E-state index contributed by atoms with van der Waals surface area (Å²) in [5, 5.41) is 11.2. The number of carbonyl (C=O) groups is 1. The zero-order chi connectivity index (χ0) is 21.2. The van der Waals surface area contributed by atoms with E-state index in [0.717, 1.165) is 17.5 Å². The number of rotatable bonds is 11. The highest BCUT2D eigenvalue weighted by Crippen LogP contribution is 2.21. The standard InChI is InChI=1S/C23H28ClNO4.ClH/c1-4-12-25(15-22(26)19-6-5-7-20(24)14-19)17(2)13-18-8-10-21(11-9-18)29-16-23(27)28-3;/h4-11,14,17,22,26H,1,12-13,15-16H2,2-3H3;1H/t17?,22-;/m1./s1. The third-order valence-corrected chi connectivity index (χ3v) is 4.90. The van der Waals surface area contributed by atoms with Gasteiger partial charge in [0.05, 0.1) is 13.2 Å². The molecule has 2 aromatic rings. The summed E-state index contributed by atoms with van der Waals surface area (Å²) in [6, 6.07) is 15.1. The van der Waals surface area contributed by atoms with Gasteiger partial charge in [0.1, 0.15) is 5.75 Å². The molecule has 0 aromatic heterocycles. The van der Waals surface area contributed by atoms with Crippen molar-refractivity contribution in [2.24, 2.45) is 0 Å². The lowest BCUT2D eigenvalue weighted by atomic mass is 10.0. The maximum atomic E-state index is 11.2. The summed E-state index contributed by atoms with van der Waals surface area (Å²) in [6.45, 7) is 6.99. The number of methoxy groups -OCH3 is 1. The Kier molecular flexibility index (Phi) is 11.5. The number of benzene rings is 2. The second-order valence-electron chi connectivity index (χ2n) is 6.88. The van der Waals surface area contributed by atoms with Gasteiger partial charge in [0, 0.05) is 24.2 Å². The van der Waals surface area contributed by atoms with Gasteiger partial charge in [0.25, 0.3) is 0 Å². The molecule has 0 saturated heterocycles. The number of aliphatic hydroxyl groups excluding tert-OH is 1. The Balaban J connectivity index is 0.00000450. The van der Waals surface area contributed by atoms with Gasteiger partial charge in [-0.3, -0.25) is 4.90 Å². The summed E-state index contributed by atoms with van der Waals surface area (Å²) in [6.07, 6.45) is 2.00. The largest absolute Gasteiger partial charge is 0.482 e. The minimum absolute atomic E-state index is 0. The topological polar surface area (TPSA) is 59.0 Å². The molecule has 30 heavy (non-hydrogen) atoms. The molecule has 5 nitrogen and oxygen atoms in total. The van der Waals surface area contributed by atoms with Gasteiger partial charge in [-0.1, -0.05) is 41.9 Å². The Morgan fingerprint density at radius 2 is 1.97 bits per heavy atom. The van der Waals surface area contributed by atoms with Gasteiger partial charge < -0.3 is 14.6 Å². The van der Waals surface area contributed by atoms with Crippen molar-refractivity contribution < 1.29 is 19.4 Å². The first-order chi connectivity index (χ1) is 13.9. The lowest BCUT2D eigenvalue weighted by Gasteiger charge is -2.30. The number of carbonyl (C=O) groups excluding carboxylic acids is 1. The van der Waals surface area contributed by atoms with Crippen LogP contribution < -0.4 is 4.74 Å². The van der Waals surface area contributed by atoms with E-state index in [4.69, 9.17) is 16.3 Å². The van der Waals surface area contributed by atoms with Crippen molar-refractivity contribution in [1.29, 1.82) is 0 Å². The molecule has 0 aliphatic rings. The summed E-state index contributed by atoms with van der Waals surface area (Å²) in [5.74, 6) is 0.201. The van der Waals surface area contributed by atoms with Crippen LogP contribution in [0.5, 0.6) is 5.75 Å². The molecule has 1 unspecified atom stereocenters. The van der Waals surface area contributed by atoms with Gasteiger partial charge in [0.2, 0.25) is 0 Å². The monoisotopic (exact) mass is 453 g/mol. The van der Waals surface area contributed by atoms with Crippen molar-refractivity contribution in [3.8, 4) is 5.75 Å². The molecule has 0 radical (unpaired) electrons. The fourth-order valence-corrected chi connectivity index (χ4v) is 3.23. The number of aliphatic hydroxyl groups is 1. The van der Waals surface area contributed by atoms with Crippen LogP contribution in [0, 0.1) is 0 Å². The normalized spacial score (nSPS) is 12.6. The Morgan fingerprint density at radius 1 is 1.27 bits per heavy atom. The predicted octanol–water partition coefficient (Wildman–Crippen LogP) is 4.47. The number of nitrogens with zero attached hydrogens (tertiary/aromatic N) is 1. The second-order valence-corrected chi connectivity index (χ2v) is 7.31. The fourth-order valence-electron chi connectivity index (χ4n) is 3.03. The van der Waals surface area contributed by atoms with E-state index in [1.54, 1.807) is 12.1 Å². The highest BCUT2D eigenvalue weighted by atomic mass is 35.5. The quantitative estimate of drug-likeness (QED) is 0.401. The van der Waals surface area contributed by atoms with Gasteiger partial charge in [-0.25, -0.2) is 4.79 Å². The van der Waals surface area contributed by atoms with Crippen molar-refractivity contribution in [2.45, 2.75) is 25.5 Å². The van der Waals surface area contributed by atoms with E-state index in [1.807, 2.05) is 42.5 Å². The van der Waals surface area contributed by atoms with Crippen LogP contribution in [0.4, 0.5) is 0 Å². The lowest BCUT2D eigenvalue weighted by Crippen LogP contribution is -2.38. The van der Waals surface area contributed by atoms with Crippen molar-refractivity contribution in [2.75, 3.05) is 26.8 Å². The maximum absolute atomic E-state index is 11.2. The molecule has 1 N–H and O–H groups in total. The van der Waals surface area contributed by atoms with E-state index < -0.39 is 12.1 Å². The molecule has 0 saturated carbocycles. The summed E-state index contributed by atoms with van der Waals surface area (Å²) in [4.78, 5) is 13.3. The van der Waals surface area contributed by atoms with Gasteiger partial charge >= 0.3 is 5.97 Å². The van der Waals surface area contributed by atoms with E-state index in [0.29, 0.717) is 23.9 Å². The molecule has 0 amide bonds. The van der Waals surface area contributed by atoms with Crippen LogP contribution in [0.1, 0.15) is 24.2 Å². The maximum Gasteiger partial charge on any atom is 0.343 e. The van der Waals surface area contributed by atoms with Crippen LogP contribution >= 0.6 is 24.0 Å². The van der Waals surface area contributed by atoms with Crippen LogP contribution in [0.3, 0.4) is 0 Å². The van der Waals surface area contributed by atoms with Crippen molar-refractivity contribution in [3.05, 3.63) is 77.3 Å². The van der Waals surface area contributed by atoms with Gasteiger partial charge in [-0.2, -0.15) is 0 Å². The molecule has 0 aliphatic heterocycles. The molecule has 0 fully saturated rings. The smallest absolute Gasteiger partial charge is 0.343 e. The number of esters is 1. The van der Waals surface area contributed by atoms with Crippen molar-refractivity contribution >= 4 is 30.0 Å². The van der Waals surface area contributed by atoms with Crippen LogP contribution in [-0.4, -0.2) is 48.8 Å². The third-order valence-electron chi connectivity index (χ3n) is 4.67. The Labute approximate surface area is 189 Å². The molecule has 7 heteroatoms. The highest BCUT2D eigenvalue weighted by Gasteiger charge is 2.18. The molecule has 2 rings (SSSR count). The summed E-state index contributed by atoms with van der Waals surface area (Å²) >= 11 is 6.04. The lowest BCUT2D eigenvalue weighted by molar-refractivity contribution is -0.142. The van der Waals surface area contributed by atoms with Crippen molar-refractivity contribution in [3.63, 3.8) is 0 Å². The number of hydrogen-bond acceptors (Lipinski definition) is 5. The van der Waals surface area contributed by atoms with E-state index in [2.05, 4.69) is 23.1 Å². The summed E-state index contributed by atoms with van der Waals surface area (Å²) in [5.41, 5.74) is 1.93. The van der Waals surface area contributed by atoms with E-state index in [1.165, 1.54) is 7.11 Å². The molecular weight excluding hydrogens is 425 g/mol.